The fourth-order valence-corrected chi connectivity index (χ4v) is 2.85. The van der Waals surface area contributed by atoms with Gasteiger partial charge >= 0.3 is 0 Å². The average Bonchev–Trinajstić information content (AvgIpc) is 2.59. The number of hydrogen-bond donors (Lipinski definition) is 1. The van der Waals surface area contributed by atoms with Gasteiger partial charge in [-0.05, 0) is 24.6 Å². The lowest BCUT2D eigenvalue weighted by Gasteiger charge is -2.13. The zero-order valence-corrected chi connectivity index (χ0v) is 14.9. The molecule has 0 aliphatic carbocycles. The van der Waals surface area contributed by atoms with Crippen molar-refractivity contribution in [1.82, 2.24) is 0 Å². The lowest BCUT2D eigenvalue weighted by Crippen LogP contribution is -2.27. The van der Waals surface area contributed by atoms with E-state index in [2.05, 4.69) is 10.0 Å². The third-order valence-corrected chi connectivity index (χ3v) is 4.89. The first kappa shape index (κ1) is 21.4. The number of aryl methyl sites for hydroxylation is 1. The summed E-state index contributed by atoms with van der Waals surface area (Å²) in [5, 5.41) is 13.1. The number of rotatable bonds is 13. The maximum Gasteiger partial charge on any atom is 0.207 e. The van der Waals surface area contributed by atoms with Gasteiger partial charge in [-0.1, -0.05) is 22.8 Å². The van der Waals surface area contributed by atoms with E-state index in [0.717, 1.165) is 5.56 Å². The lowest BCUT2D eigenvalue weighted by molar-refractivity contribution is 0.00392. The zero-order valence-electron chi connectivity index (χ0n) is 14.1. The van der Waals surface area contributed by atoms with Gasteiger partial charge in [0.15, 0.2) is 5.44 Å². The van der Waals surface area contributed by atoms with Crippen molar-refractivity contribution in [2.45, 2.75) is 17.3 Å². The van der Waals surface area contributed by atoms with Crippen LogP contribution < -0.4 is 0 Å². The Morgan fingerprint density at radius 2 is 1.64 bits per heavy atom. The first-order valence-electron chi connectivity index (χ1n) is 7.71. The quantitative estimate of drug-likeness (QED) is 0.241. The van der Waals surface area contributed by atoms with Crippen LogP contribution in [0.2, 0.25) is 0 Å². The second kappa shape index (κ2) is 11.8. The van der Waals surface area contributed by atoms with Gasteiger partial charge in [0.25, 0.3) is 0 Å². The Kier molecular flexibility index (Phi) is 10.1. The molecular weight excluding hydrogens is 350 g/mol. The van der Waals surface area contributed by atoms with Crippen molar-refractivity contribution in [2.75, 3.05) is 46.2 Å². The van der Waals surface area contributed by atoms with Gasteiger partial charge in [-0.3, -0.25) is 0 Å². The summed E-state index contributed by atoms with van der Waals surface area (Å²) in [6, 6.07) is 6.25. The van der Waals surface area contributed by atoms with E-state index in [1.54, 1.807) is 12.1 Å². The molecule has 1 atom stereocenters. The van der Waals surface area contributed by atoms with E-state index in [4.69, 9.17) is 19.7 Å². The number of nitrogens with zero attached hydrogens (tertiary/aromatic N) is 3. The predicted molar refractivity (Wildman–Crippen MR) is 90.8 cm³/mol. The van der Waals surface area contributed by atoms with Crippen LogP contribution in [0.5, 0.6) is 0 Å². The highest BCUT2D eigenvalue weighted by Gasteiger charge is 2.25. The minimum Gasteiger partial charge on any atom is -0.379 e. The number of aliphatic hydroxyl groups is 1. The summed E-state index contributed by atoms with van der Waals surface area (Å²) in [4.78, 5) is 2.65. The molecule has 1 aromatic rings. The van der Waals surface area contributed by atoms with E-state index >= 15 is 0 Å². The Morgan fingerprint density at radius 1 is 1.08 bits per heavy atom. The second-order valence-corrected chi connectivity index (χ2v) is 7.17. The third kappa shape index (κ3) is 8.30. The summed E-state index contributed by atoms with van der Waals surface area (Å²) < 4.78 is 39.8. The number of benzene rings is 1. The number of ether oxygens (including phenoxy) is 3. The largest absolute Gasteiger partial charge is 0.379 e. The Balaban J connectivity index is 2.15. The van der Waals surface area contributed by atoms with Crippen LogP contribution in [-0.4, -0.2) is 65.1 Å². The van der Waals surface area contributed by atoms with Crippen molar-refractivity contribution in [3.05, 3.63) is 40.3 Å². The molecule has 0 aliphatic rings. The molecular formula is C15H23N3O6S. The van der Waals surface area contributed by atoms with Crippen LogP contribution in [0.15, 0.2) is 34.3 Å². The first-order valence-corrected chi connectivity index (χ1v) is 9.26. The molecule has 1 rings (SSSR count). The Bertz CT molecular complexity index is 644. The van der Waals surface area contributed by atoms with Gasteiger partial charge in [-0.25, -0.2) is 8.42 Å². The van der Waals surface area contributed by atoms with Gasteiger partial charge in [0.1, 0.15) is 0 Å². The minimum atomic E-state index is -3.83. The van der Waals surface area contributed by atoms with Crippen molar-refractivity contribution in [3.8, 4) is 0 Å². The molecule has 10 heteroatoms. The highest BCUT2D eigenvalue weighted by atomic mass is 32.2. The molecule has 25 heavy (non-hydrogen) atoms. The van der Waals surface area contributed by atoms with Crippen LogP contribution in [0.1, 0.15) is 5.56 Å². The number of sulfone groups is 1. The van der Waals surface area contributed by atoms with Gasteiger partial charge in [-0.15, -0.1) is 0 Å². The summed E-state index contributed by atoms with van der Waals surface area (Å²) in [6.07, 6.45) is 0. The van der Waals surface area contributed by atoms with Crippen LogP contribution in [0, 0.1) is 6.92 Å². The highest BCUT2D eigenvalue weighted by molar-refractivity contribution is 7.91. The molecule has 0 heterocycles. The van der Waals surface area contributed by atoms with E-state index in [9.17, 15) is 13.5 Å². The Hall–Kier alpha value is -1.68. The maximum atomic E-state index is 12.1. The lowest BCUT2D eigenvalue weighted by atomic mass is 10.2. The van der Waals surface area contributed by atoms with E-state index < -0.39 is 15.3 Å². The predicted octanol–water partition coefficient (Wildman–Crippen LogP) is 1.45. The molecule has 0 spiro atoms. The Labute approximate surface area is 147 Å². The summed E-state index contributed by atoms with van der Waals surface area (Å²) in [5.74, 6) is 0. The monoisotopic (exact) mass is 373 g/mol. The summed E-state index contributed by atoms with van der Waals surface area (Å²) in [7, 11) is -3.83. The van der Waals surface area contributed by atoms with Crippen LogP contribution in [0.4, 0.5) is 0 Å². The summed E-state index contributed by atoms with van der Waals surface area (Å²) in [5.41, 5.74) is 7.37. The third-order valence-electron chi connectivity index (χ3n) is 3.11. The normalized spacial score (nSPS) is 12.6. The van der Waals surface area contributed by atoms with Crippen molar-refractivity contribution >= 4 is 9.84 Å². The molecule has 1 aromatic carbocycles. The number of azide groups is 1. The molecule has 0 bridgehead atoms. The topological polar surface area (TPSA) is 131 Å². The average molecular weight is 373 g/mol. The van der Waals surface area contributed by atoms with Gasteiger partial charge in [-0.2, -0.15) is 0 Å². The number of aliphatic hydroxyl groups excluding tert-OH is 1. The van der Waals surface area contributed by atoms with Crippen LogP contribution >= 0.6 is 0 Å². The van der Waals surface area contributed by atoms with Crippen molar-refractivity contribution in [1.29, 1.82) is 0 Å². The molecule has 0 amide bonds. The van der Waals surface area contributed by atoms with E-state index in [-0.39, 0.29) is 31.3 Å². The summed E-state index contributed by atoms with van der Waals surface area (Å²) >= 11 is 0. The zero-order chi connectivity index (χ0) is 18.5. The molecule has 1 unspecified atom stereocenters. The van der Waals surface area contributed by atoms with Crippen LogP contribution in [0.25, 0.3) is 10.4 Å². The van der Waals surface area contributed by atoms with Crippen molar-refractivity contribution < 1.29 is 27.7 Å². The van der Waals surface area contributed by atoms with Crippen molar-refractivity contribution in [3.63, 3.8) is 0 Å². The molecule has 0 saturated carbocycles. The summed E-state index contributed by atoms with van der Waals surface area (Å²) in [6.45, 7) is 3.20. The fraction of sp³-hybridized carbons (Fsp3) is 0.600. The maximum absolute atomic E-state index is 12.1. The smallest absolute Gasteiger partial charge is 0.207 e. The highest BCUT2D eigenvalue weighted by Crippen LogP contribution is 2.15. The van der Waals surface area contributed by atoms with Crippen molar-refractivity contribution in [2.24, 2.45) is 5.11 Å². The second-order valence-electron chi connectivity index (χ2n) is 5.07. The van der Waals surface area contributed by atoms with Crippen LogP contribution in [-0.2, 0) is 24.0 Å². The molecule has 0 fully saturated rings. The first-order chi connectivity index (χ1) is 12.0. The minimum absolute atomic E-state index is 0.0586. The van der Waals surface area contributed by atoms with Gasteiger partial charge in [0.2, 0.25) is 9.84 Å². The Morgan fingerprint density at radius 3 is 2.24 bits per heavy atom. The van der Waals surface area contributed by atoms with E-state index in [1.165, 1.54) is 12.1 Å². The molecule has 0 aromatic heterocycles. The van der Waals surface area contributed by atoms with Crippen LogP contribution in [0.3, 0.4) is 0 Å². The van der Waals surface area contributed by atoms with Gasteiger partial charge < -0.3 is 19.3 Å². The fourth-order valence-electron chi connectivity index (χ4n) is 1.75. The number of hydrogen-bond acceptors (Lipinski definition) is 7. The standard InChI is InChI=1S/C15H23N3O6S/c1-13-2-4-14(5-3-13)25(20,21)15(19)12-24-11-10-23-9-8-22-7-6-17-18-16/h2-5,15,19H,6-12H2,1H3. The van der Waals surface area contributed by atoms with E-state index in [0.29, 0.717) is 19.8 Å². The van der Waals surface area contributed by atoms with Gasteiger partial charge in [0.05, 0.1) is 44.5 Å². The molecule has 140 valence electrons. The molecule has 9 nitrogen and oxygen atoms in total. The molecule has 0 radical (unpaired) electrons. The van der Waals surface area contributed by atoms with E-state index in [1.807, 2.05) is 6.92 Å². The molecule has 1 N–H and O–H groups in total. The SMILES string of the molecule is Cc1ccc(S(=O)(=O)C(O)COCCOCCOCCN=[N+]=[N-])cc1. The molecule has 0 aliphatic heterocycles. The molecule has 0 saturated heterocycles. The van der Waals surface area contributed by atoms with Gasteiger partial charge in [0, 0.05) is 11.5 Å².